The van der Waals surface area contributed by atoms with Crippen LogP contribution in [0.2, 0.25) is 0 Å². The molecule has 2 aliphatic rings. The fourth-order valence-corrected chi connectivity index (χ4v) is 3.20. The van der Waals surface area contributed by atoms with Crippen LogP contribution in [-0.2, 0) is 0 Å². The number of aliphatic hydroxyl groups is 1. The highest BCUT2D eigenvalue weighted by Gasteiger charge is 2.35. The van der Waals surface area contributed by atoms with Crippen molar-refractivity contribution in [3.8, 4) is 0 Å². The van der Waals surface area contributed by atoms with Crippen molar-refractivity contribution in [3.63, 3.8) is 0 Å². The van der Waals surface area contributed by atoms with Crippen LogP contribution in [0.25, 0.3) is 0 Å². The Balaban J connectivity index is 1.81. The van der Waals surface area contributed by atoms with E-state index in [1.54, 1.807) is 0 Å². The minimum Gasteiger partial charge on any atom is -0.392 e. The van der Waals surface area contributed by atoms with E-state index in [0.717, 1.165) is 0 Å². The average Bonchev–Trinajstić information content (AvgIpc) is 2.87. The fourth-order valence-electron chi connectivity index (χ4n) is 1.78. The SMILES string of the molecule is OC(C1CC1)C1CCCCS1. The zero-order valence-corrected chi connectivity index (χ0v) is 7.65. The van der Waals surface area contributed by atoms with E-state index in [9.17, 15) is 5.11 Å². The standard InChI is InChI=1S/C9H16OS/c10-9(7-4-5-7)8-3-1-2-6-11-8/h7-10H,1-6H2. The van der Waals surface area contributed by atoms with Crippen molar-refractivity contribution in [2.24, 2.45) is 5.92 Å². The maximum absolute atomic E-state index is 9.79. The summed E-state index contributed by atoms with van der Waals surface area (Å²) in [5.74, 6) is 1.94. The highest BCUT2D eigenvalue weighted by molar-refractivity contribution is 8.00. The van der Waals surface area contributed by atoms with Crippen molar-refractivity contribution in [2.75, 3.05) is 5.75 Å². The van der Waals surface area contributed by atoms with Crippen LogP contribution in [0.15, 0.2) is 0 Å². The van der Waals surface area contributed by atoms with E-state index >= 15 is 0 Å². The molecule has 0 radical (unpaired) electrons. The van der Waals surface area contributed by atoms with Gasteiger partial charge in [0, 0.05) is 5.25 Å². The highest BCUT2D eigenvalue weighted by Crippen LogP contribution is 2.40. The molecule has 0 aromatic carbocycles. The van der Waals surface area contributed by atoms with E-state index in [4.69, 9.17) is 0 Å². The lowest BCUT2D eigenvalue weighted by molar-refractivity contribution is 0.143. The Hall–Kier alpha value is 0.310. The van der Waals surface area contributed by atoms with Gasteiger partial charge in [-0.3, -0.25) is 0 Å². The number of aliphatic hydroxyl groups excluding tert-OH is 1. The second-order valence-corrected chi connectivity index (χ2v) is 5.08. The lowest BCUT2D eigenvalue weighted by atomic mass is 10.1. The van der Waals surface area contributed by atoms with E-state index in [-0.39, 0.29) is 6.10 Å². The smallest absolute Gasteiger partial charge is 0.0686 e. The molecule has 1 nitrogen and oxygen atoms in total. The third-order valence-electron chi connectivity index (χ3n) is 2.70. The van der Waals surface area contributed by atoms with Gasteiger partial charge in [-0.1, -0.05) is 6.42 Å². The van der Waals surface area contributed by atoms with Gasteiger partial charge in [-0.05, 0) is 37.4 Å². The molecule has 1 aliphatic carbocycles. The Labute approximate surface area is 72.6 Å². The first-order valence-electron chi connectivity index (χ1n) is 4.67. The predicted molar refractivity (Wildman–Crippen MR) is 48.8 cm³/mol. The first kappa shape index (κ1) is 7.93. The summed E-state index contributed by atoms with van der Waals surface area (Å²) in [6, 6.07) is 0. The summed E-state index contributed by atoms with van der Waals surface area (Å²) in [6.07, 6.45) is 6.53. The Kier molecular flexibility index (Phi) is 2.42. The Morgan fingerprint density at radius 1 is 1.18 bits per heavy atom. The second kappa shape index (κ2) is 3.36. The molecule has 2 heteroatoms. The van der Waals surface area contributed by atoms with E-state index < -0.39 is 0 Å². The molecule has 2 atom stereocenters. The zero-order chi connectivity index (χ0) is 7.68. The number of hydrogen-bond acceptors (Lipinski definition) is 2. The fraction of sp³-hybridized carbons (Fsp3) is 1.00. The van der Waals surface area contributed by atoms with Crippen molar-refractivity contribution >= 4 is 11.8 Å². The van der Waals surface area contributed by atoms with Crippen LogP contribution in [0.5, 0.6) is 0 Å². The van der Waals surface area contributed by atoms with Crippen LogP contribution in [-0.4, -0.2) is 22.2 Å². The molecule has 0 spiro atoms. The molecular formula is C9H16OS. The molecule has 0 amide bonds. The van der Waals surface area contributed by atoms with Crippen LogP contribution in [0, 0.1) is 5.92 Å². The first-order chi connectivity index (χ1) is 5.38. The molecule has 2 rings (SSSR count). The minimum atomic E-state index is 0.0281. The molecule has 1 saturated heterocycles. The predicted octanol–water partition coefficient (Wildman–Crippen LogP) is 2.04. The lowest BCUT2D eigenvalue weighted by Gasteiger charge is -2.25. The Morgan fingerprint density at radius 2 is 2.00 bits per heavy atom. The molecule has 0 aromatic rings. The summed E-state index contributed by atoms with van der Waals surface area (Å²) < 4.78 is 0. The number of rotatable bonds is 2. The molecule has 64 valence electrons. The van der Waals surface area contributed by atoms with Crippen LogP contribution in [0.1, 0.15) is 32.1 Å². The van der Waals surface area contributed by atoms with Crippen molar-refractivity contribution in [2.45, 2.75) is 43.5 Å². The van der Waals surface area contributed by atoms with Crippen molar-refractivity contribution in [1.29, 1.82) is 0 Å². The molecule has 0 aromatic heterocycles. The topological polar surface area (TPSA) is 20.2 Å². The van der Waals surface area contributed by atoms with Gasteiger partial charge >= 0.3 is 0 Å². The zero-order valence-electron chi connectivity index (χ0n) is 6.83. The Morgan fingerprint density at radius 3 is 2.55 bits per heavy atom. The van der Waals surface area contributed by atoms with Crippen LogP contribution < -0.4 is 0 Å². The third-order valence-corrected chi connectivity index (χ3v) is 4.17. The quantitative estimate of drug-likeness (QED) is 0.688. The van der Waals surface area contributed by atoms with Crippen molar-refractivity contribution in [3.05, 3.63) is 0 Å². The van der Waals surface area contributed by atoms with Crippen LogP contribution >= 0.6 is 11.8 Å². The Bertz CT molecular complexity index is 128. The van der Waals surface area contributed by atoms with E-state index in [1.165, 1.54) is 37.9 Å². The highest BCUT2D eigenvalue weighted by atomic mass is 32.2. The third kappa shape index (κ3) is 1.91. The maximum Gasteiger partial charge on any atom is 0.0686 e. The van der Waals surface area contributed by atoms with Gasteiger partial charge in [0.25, 0.3) is 0 Å². The van der Waals surface area contributed by atoms with E-state index in [0.29, 0.717) is 11.2 Å². The average molecular weight is 172 g/mol. The van der Waals surface area contributed by atoms with Gasteiger partial charge < -0.3 is 5.11 Å². The van der Waals surface area contributed by atoms with Gasteiger partial charge in [0.2, 0.25) is 0 Å². The van der Waals surface area contributed by atoms with Gasteiger partial charge in [-0.2, -0.15) is 11.8 Å². The van der Waals surface area contributed by atoms with Gasteiger partial charge in [-0.25, -0.2) is 0 Å². The number of thioether (sulfide) groups is 1. The van der Waals surface area contributed by atoms with Gasteiger partial charge in [0.15, 0.2) is 0 Å². The van der Waals surface area contributed by atoms with Gasteiger partial charge in [0.1, 0.15) is 0 Å². The molecule has 1 N–H and O–H groups in total. The molecule has 11 heavy (non-hydrogen) atoms. The van der Waals surface area contributed by atoms with Crippen LogP contribution in [0.3, 0.4) is 0 Å². The second-order valence-electron chi connectivity index (χ2n) is 3.73. The first-order valence-corrected chi connectivity index (χ1v) is 5.72. The summed E-state index contributed by atoms with van der Waals surface area (Å²) in [5, 5.41) is 10.4. The molecule has 1 saturated carbocycles. The van der Waals surface area contributed by atoms with Crippen LogP contribution in [0.4, 0.5) is 0 Å². The van der Waals surface area contributed by atoms with E-state index in [1.807, 2.05) is 11.8 Å². The summed E-state index contributed by atoms with van der Waals surface area (Å²) >= 11 is 1.99. The van der Waals surface area contributed by atoms with Crippen molar-refractivity contribution < 1.29 is 5.11 Å². The maximum atomic E-state index is 9.79. The van der Waals surface area contributed by atoms with Gasteiger partial charge in [-0.15, -0.1) is 0 Å². The summed E-state index contributed by atoms with van der Waals surface area (Å²) in [6.45, 7) is 0. The molecule has 1 heterocycles. The summed E-state index contributed by atoms with van der Waals surface area (Å²) in [4.78, 5) is 0. The largest absolute Gasteiger partial charge is 0.392 e. The molecular weight excluding hydrogens is 156 g/mol. The molecule has 2 unspecified atom stereocenters. The van der Waals surface area contributed by atoms with Gasteiger partial charge in [0.05, 0.1) is 6.10 Å². The molecule has 1 aliphatic heterocycles. The summed E-state index contributed by atoms with van der Waals surface area (Å²) in [5.41, 5.74) is 0. The van der Waals surface area contributed by atoms with E-state index in [2.05, 4.69) is 0 Å². The van der Waals surface area contributed by atoms with Crippen molar-refractivity contribution in [1.82, 2.24) is 0 Å². The summed E-state index contributed by atoms with van der Waals surface area (Å²) in [7, 11) is 0. The normalized spacial score (nSPS) is 35.2. The lowest BCUT2D eigenvalue weighted by Crippen LogP contribution is -2.27. The number of hydrogen-bond donors (Lipinski definition) is 1. The monoisotopic (exact) mass is 172 g/mol. The minimum absolute atomic E-state index is 0.0281. The molecule has 2 fully saturated rings. The molecule has 0 bridgehead atoms.